The molecule has 2 amide bonds. The van der Waals surface area contributed by atoms with E-state index >= 15 is 0 Å². The maximum absolute atomic E-state index is 11.9. The zero-order chi connectivity index (χ0) is 14.6. The number of aliphatic carboxylic acids is 1. The fourth-order valence-electron chi connectivity index (χ4n) is 2.42. The highest BCUT2D eigenvalue weighted by atomic mass is 79.9. The van der Waals surface area contributed by atoms with Gasteiger partial charge in [-0.1, -0.05) is 40.9 Å². The van der Waals surface area contributed by atoms with Crippen molar-refractivity contribution in [1.82, 2.24) is 10.6 Å². The van der Waals surface area contributed by atoms with E-state index < -0.39 is 17.5 Å². The number of urea groups is 1. The Kier molecular flexibility index (Phi) is 4.65. The number of carboxylic acid groups (broad SMARTS) is 1. The van der Waals surface area contributed by atoms with Gasteiger partial charge in [0.15, 0.2) is 0 Å². The van der Waals surface area contributed by atoms with Gasteiger partial charge in [0.25, 0.3) is 0 Å². The molecule has 0 bridgehead atoms. The van der Waals surface area contributed by atoms with Crippen LogP contribution in [0.5, 0.6) is 0 Å². The Hall–Kier alpha value is -1.56. The Morgan fingerprint density at radius 2 is 1.80 bits per heavy atom. The number of carbonyl (C=O) groups excluding carboxylic acids is 1. The van der Waals surface area contributed by atoms with Crippen LogP contribution in [-0.4, -0.2) is 22.6 Å². The first-order valence-electron chi connectivity index (χ1n) is 6.56. The van der Waals surface area contributed by atoms with Crippen LogP contribution in [0, 0.1) is 0 Å². The van der Waals surface area contributed by atoms with E-state index in [1.54, 1.807) is 0 Å². The van der Waals surface area contributed by atoms with Gasteiger partial charge in [-0.15, -0.1) is 0 Å². The molecule has 1 saturated carbocycles. The Bertz CT molecular complexity index is 496. The molecule has 0 unspecified atom stereocenters. The van der Waals surface area contributed by atoms with Gasteiger partial charge in [0.05, 0.1) is 0 Å². The minimum absolute atomic E-state index is 0.370. The molecule has 0 aliphatic heterocycles. The van der Waals surface area contributed by atoms with Crippen molar-refractivity contribution < 1.29 is 14.7 Å². The lowest BCUT2D eigenvalue weighted by Crippen LogP contribution is -2.55. The molecular weight excluding hydrogens is 324 g/mol. The third kappa shape index (κ3) is 3.50. The number of halogens is 1. The second kappa shape index (κ2) is 6.26. The Balaban J connectivity index is 1.89. The second-order valence-electron chi connectivity index (χ2n) is 5.03. The average molecular weight is 341 g/mol. The molecule has 0 heterocycles. The third-order valence-electron chi connectivity index (χ3n) is 3.59. The molecule has 3 N–H and O–H groups in total. The van der Waals surface area contributed by atoms with E-state index in [4.69, 9.17) is 0 Å². The minimum Gasteiger partial charge on any atom is -0.480 e. The van der Waals surface area contributed by atoms with Crippen molar-refractivity contribution in [2.24, 2.45) is 0 Å². The first-order valence-corrected chi connectivity index (χ1v) is 7.35. The van der Waals surface area contributed by atoms with Crippen molar-refractivity contribution in [2.75, 3.05) is 0 Å². The van der Waals surface area contributed by atoms with Crippen molar-refractivity contribution in [3.63, 3.8) is 0 Å². The van der Waals surface area contributed by atoms with Crippen LogP contribution in [0.2, 0.25) is 0 Å². The molecule has 1 fully saturated rings. The maximum Gasteiger partial charge on any atom is 0.329 e. The van der Waals surface area contributed by atoms with Crippen molar-refractivity contribution in [2.45, 2.75) is 37.8 Å². The molecule has 1 aromatic rings. The predicted octanol–water partition coefficient (Wildman–Crippen LogP) is 2.65. The molecule has 0 radical (unpaired) electrons. The molecule has 0 atom stereocenters. The normalized spacial score (nSPS) is 16.6. The number of hydrogen-bond acceptors (Lipinski definition) is 2. The molecule has 5 nitrogen and oxygen atoms in total. The quantitative estimate of drug-likeness (QED) is 0.788. The van der Waals surface area contributed by atoms with Crippen molar-refractivity contribution in [1.29, 1.82) is 0 Å². The highest BCUT2D eigenvalue weighted by Gasteiger charge is 2.42. The van der Waals surface area contributed by atoms with E-state index in [0.29, 0.717) is 19.4 Å². The summed E-state index contributed by atoms with van der Waals surface area (Å²) in [6.07, 6.45) is 2.65. The largest absolute Gasteiger partial charge is 0.480 e. The predicted molar refractivity (Wildman–Crippen MR) is 78.3 cm³/mol. The van der Waals surface area contributed by atoms with Gasteiger partial charge in [-0.25, -0.2) is 9.59 Å². The van der Waals surface area contributed by atoms with Gasteiger partial charge < -0.3 is 15.7 Å². The molecule has 2 rings (SSSR count). The maximum atomic E-state index is 11.9. The van der Waals surface area contributed by atoms with Crippen LogP contribution in [0.25, 0.3) is 0 Å². The summed E-state index contributed by atoms with van der Waals surface area (Å²) in [7, 11) is 0. The summed E-state index contributed by atoms with van der Waals surface area (Å²) in [5, 5.41) is 14.6. The van der Waals surface area contributed by atoms with Crippen molar-refractivity contribution in [3.8, 4) is 0 Å². The molecule has 1 aromatic carbocycles. The van der Waals surface area contributed by atoms with Crippen LogP contribution in [0.15, 0.2) is 28.7 Å². The molecule has 1 aliphatic rings. The van der Waals surface area contributed by atoms with Crippen LogP contribution in [0.3, 0.4) is 0 Å². The first-order chi connectivity index (χ1) is 9.52. The zero-order valence-electron chi connectivity index (χ0n) is 11.0. The highest BCUT2D eigenvalue weighted by molar-refractivity contribution is 9.10. The van der Waals surface area contributed by atoms with E-state index in [2.05, 4.69) is 26.6 Å². The van der Waals surface area contributed by atoms with Crippen LogP contribution >= 0.6 is 15.9 Å². The first kappa shape index (κ1) is 14.8. The molecule has 1 aliphatic carbocycles. The average Bonchev–Trinajstić information content (AvgIpc) is 2.88. The lowest BCUT2D eigenvalue weighted by Gasteiger charge is -2.25. The summed E-state index contributed by atoms with van der Waals surface area (Å²) in [4.78, 5) is 23.2. The lowest BCUT2D eigenvalue weighted by atomic mass is 9.98. The van der Waals surface area contributed by atoms with Crippen molar-refractivity contribution in [3.05, 3.63) is 34.3 Å². The molecule has 0 spiro atoms. The van der Waals surface area contributed by atoms with E-state index in [0.717, 1.165) is 22.9 Å². The molecule has 108 valence electrons. The third-order valence-corrected chi connectivity index (χ3v) is 4.11. The van der Waals surface area contributed by atoms with Crippen LogP contribution < -0.4 is 10.6 Å². The molecular formula is C14H17BrN2O3. The van der Waals surface area contributed by atoms with Gasteiger partial charge in [0.2, 0.25) is 0 Å². The Labute approximate surface area is 125 Å². The number of hydrogen-bond donors (Lipinski definition) is 3. The summed E-state index contributed by atoms with van der Waals surface area (Å²) >= 11 is 3.34. The topological polar surface area (TPSA) is 78.4 Å². The lowest BCUT2D eigenvalue weighted by molar-refractivity contribution is -0.144. The van der Waals surface area contributed by atoms with Gasteiger partial charge in [0, 0.05) is 11.0 Å². The summed E-state index contributed by atoms with van der Waals surface area (Å²) in [6, 6.07) is 7.15. The van der Waals surface area contributed by atoms with E-state index in [-0.39, 0.29) is 0 Å². The van der Waals surface area contributed by atoms with Crippen LogP contribution in [-0.2, 0) is 11.3 Å². The number of benzene rings is 1. The number of nitrogens with one attached hydrogen (secondary N) is 2. The van der Waals surface area contributed by atoms with E-state index in [9.17, 15) is 14.7 Å². The molecule has 6 heteroatoms. The fourth-order valence-corrected chi connectivity index (χ4v) is 2.68. The standard InChI is InChI=1S/C14H17BrN2O3/c15-11-5-3-10(4-6-11)9-16-13(20)17-14(12(18)19)7-1-2-8-14/h3-6H,1-2,7-9H2,(H,18,19)(H2,16,17,20). The fraction of sp³-hybridized carbons (Fsp3) is 0.429. The summed E-state index contributed by atoms with van der Waals surface area (Å²) < 4.78 is 0.974. The zero-order valence-corrected chi connectivity index (χ0v) is 12.6. The Morgan fingerprint density at radius 3 is 2.35 bits per heavy atom. The Morgan fingerprint density at radius 1 is 1.20 bits per heavy atom. The number of rotatable bonds is 4. The van der Waals surface area contributed by atoms with Gasteiger partial charge >= 0.3 is 12.0 Å². The number of carbonyl (C=O) groups is 2. The molecule has 20 heavy (non-hydrogen) atoms. The van der Waals surface area contributed by atoms with Crippen LogP contribution in [0.1, 0.15) is 31.2 Å². The highest BCUT2D eigenvalue weighted by Crippen LogP contribution is 2.29. The smallest absolute Gasteiger partial charge is 0.329 e. The van der Waals surface area contributed by atoms with E-state index in [1.165, 1.54) is 0 Å². The van der Waals surface area contributed by atoms with Gasteiger partial charge in [0.1, 0.15) is 5.54 Å². The second-order valence-corrected chi connectivity index (χ2v) is 5.94. The summed E-state index contributed by atoms with van der Waals surface area (Å²) in [5.74, 6) is -0.950. The molecule has 0 aromatic heterocycles. The van der Waals surface area contributed by atoms with Gasteiger partial charge in [-0.3, -0.25) is 0 Å². The summed E-state index contributed by atoms with van der Waals surface area (Å²) in [6.45, 7) is 0.370. The number of amides is 2. The van der Waals surface area contributed by atoms with Gasteiger partial charge in [-0.2, -0.15) is 0 Å². The SMILES string of the molecule is O=C(NCc1ccc(Br)cc1)NC1(C(=O)O)CCCC1. The summed E-state index contributed by atoms with van der Waals surface area (Å²) in [5.41, 5.74) is -0.136. The monoisotopic (exact) mass is 340 g/mol. The van der Waals surface area contributed by atoms with Gasteiger partial charge in [-0.05, 0) is 30.5 Å². The number of carboxylic acids is 1. The van der Waals surface area contributed by atoms with Crippen LogP contribution in [0.4, 0.5) is 4.79 Å². The van der Waals surface area contributed by atoms with E-state index in [1.807, 2.05) is 24.3 Å². The van der Waals surface area contributed by atoms with Crippen molar-refractivity contribution >= 4 is 27.9 Å². The molecule has 0 saturated heterocycles. The minimum atomic E-state index is -1.09.